The van der Waals surface area contributed by atoms with E-state index in [0.29, 0.717) is 25.3 Å². The average molecular weight is 705 g/mol. The first-order valence-corrected chi connectivity index (χ1v) is 17.8. The molecule has 3 aliphatic heterocycles. The number of rotatable bonds is 7. The largest absolute Gasteiger partial charge is 0.458 e. The Kier molecular flexibility index (Phi) is 10.4. The van der Waals surface area contributed by atoms with Gasteiger partial charge in [-0.3, -0.25) is 4.98 Å². The number of halogens is 6. The lowest BCUT2D eigenvalue weighted by Gasteiger charge is -2.49. The maximum absolute atomic E-state index is 16.2. The van der Waals surface area contributed by atoms with E-state index in [0.717, 1.165) is 78.5 Å². The van der Waals surface area contributed by atoms with Crippen LogP contribution in [0.2, 0.25) is 0 Å². The summed E-state index contributed by atoms with van der Waals surface area (Å²) in [6, 6.07) is 2.74. The molecule has 3 aliphatic rings. The molecule has 4 heterocycles. The summed E-state index contributed by atoms with van der Waals surface area (Å²) in [5, 5.41) is 0. The van der Waals surface area contributed by atoms with Gasteiger partial charge < -0.3 is 19.4 Å². The summed E-state index contributed by atoms with van der Waals surface area (Å²) in [6.07, 6.45) is 1.63. The van der Waals surface area contributed by atoms with Gasteiger partial charge >= 0.3 is 6.18 Å². The molecule has 3 saturated heterocycles. The van der Waals surface area contributed by atoms with Gasteiger partial charge in [0.15, 0.2) is 5.83 Å². The normalized spacial score (nSPS) is 19.5. The lowest BCUT2D eigenvalue weighted by Crippen LogP contribution is -2.54. The molecular formula is C34H42B5F6N5O. The average Bonchev–Trinajstić information content (AvgIpc) is 3.48. The molecule has 0 aliphatic carbocycles. The fraction of sp³-hybridized carbons (Fsp3) is 0.471. The third-order valence-corrected chi connectivity index (χ3v) is 11.6. The Morgan fingerprint density at radius 3 is 2.14 bits per heavy atom. The van der Waals surface area contributed by atoms with Crippen molar-refractivity contribution >= 4 is 90.0 Å². The monoisotopic (exact) mass is 705 g/mol. The number of aromatic nitrogens is 2. The van der Waals surface area contributed by atoms with E-state index >= 15 is 17.6 Å². The lowest BCUT2D eigenvalue weighted by molar-refractivity contribution is -0.138. The predicted octanol–water partition coefficient (Wildman–Crippen LogP) is -0.405. The van der Waals surface area contributed by atoms with Crippen LogP contribution in [-0.4, -0.2) is 106 Å². The van der Waals surface area contributed by atoms with Crippen molar-refractivity contribution in [1.82, 2.24) is 14.9 Å². The summed E-state index contributed by atoms with van der Waals surface area (Å²) in [6.45, 7) is 5.03. The zero-order valence-corrected chi connectivity index (χ0v) is 30.3. The van der Waals surface area contributed by atoms with Gasteiger partial charge in [0.05, 0.1) is 24.6 Å². The second-order valence-electron chi connectivity index (χ2n) is 14.7. The van der Waals surface area contributed by atoms with Crippen LogP contribution in [0.15, 0.2) is 24.5 Å². The summed E-state index contributed by atoms with van der Waals surface area (Å²) in [7, 11) is 9.54. The van der Waals surface area contributed by atoms with E-state index in [1.165, 1.54) is 23.2 Å². The van der Waals surface area contributed by atoms with Crippen LogP contribution >= 0.6 is 0 Å². The molecule has 0 amide bonds. The van der Waals surface area contributed by atoms with E-state index in [2.05, 4.69) is 21.8 Å². The number of piperidine rings is 2. The second kappa shape index (κ2) is 14.2. The Morgan fingerprint density at radius 1 is 0.863 bits per heavy atom. The van der Waals surface area contributed by atoms with Crippen molar-refractivity contribution in [2.45, 2.75) is 51.1 Å². The smallest absolute Gasteiger partial charge is 0.422 e. The summed E-state index contributed by atoms with van der Waals surface area (Å²) in [5.41, 5.74) is 2.99. The number of alkyl halides is 5. The van der Waals surface area contributed by atoms with Gasteiger partial charge in [-0.15, -0.1) is 5.46 Å². The molecule has 6 nitrogen and oxygen atoms in total. The van der Waals surface area contributed by atoms with Crippen molar-refractivity contribution < 1.29 is 31.1 Å². The quantitative estimate of drug-likeness (QED) is 0.247. The van der Waals surface area contributed by atoms with Gasteiger partial charge in [-0.25, -0.2) is 18.2 Å². The van der Waals surface area contributed by atoms with E-state index < -0.39 is 30.0 Å². The highest BCUT2D eigenvalue weighted by Crippen LogP contribution is 2.49. The Bertz CT molecular complexity index is 1810. The Hall–Kier alpha value is -3.48. The molecule has 0 radical (unpaired) electrons. The van der Waals surface area contributed by atoms with Crippen LogP contribution in [0.5, 0.6) is 11.5 Å². The van der Waals surface area contributed by atoms with Crippen molar-refractivity contribution in [3.05, 3.63) is 41.3 Å². The minimum absolute atomic E-state index is 0.0276. The summed E-state index contributed by atoms with van der Waals surface area (Å²) in [4.78, 5) is 13.8. The number of hydrogen-bond donors (Lipinski definition) is 0. The fourth-order valence-electron chi connectivity index (χ4n) is 8.05. The molecule has 0 unspecified atom stereocenters. The first-order chi connectivity index (χ1) is 24.0. The van der Waals surface area contributed by atoms with E-state index in [-0.39, 0.29) is 46.9 Å². The van der Waals surface area contributed by atoms with Crippen LogP contribution in [0.3, 0.4) is 0 Å². The van der Waals surface area contributed by atoms with Crippen molar-refractivity contribution in [3.8, 4) is 11.5 Å². The third-order valence-electron chi connectivity index (χ3n) is 11.6. The highest BCUT2D eigenvalue weighted by atomic mass is 19.4. The number of nitrogens with zero attached hydrogens (tertiary/aromatic N) is 5. The van der Waals surface area contributed by atoms with Crippen LogP contribution in [0.25, 0.3) is 11.9 Å². The van der Waals surface area contributed by atoms with E-state index in [1.54, 1.807) is 4.90 Å². The molecule has 0 saturated carbocycles. The van der Waals surface area contributed by atoms with Crippen LogP contribution in [0.4, 0.5) is 37.8 Å². The topological polar surface area (TPSA) is 44.7 Å². The minimum Gasteiger partial charge on any atom is -0.458 e. The molecule has 17 heteroatoms. The SMILES string of the molecule is Bc1c(B)c(B)c(Oc2ccc(/C=C(\F)c3cncc(N4CCC(F)(F)C4)n3)c(N3CCCC4(CCN(CC)CC4)C3)c2C(F)(F)F)c(B)c1B. The van der Waals surface area contributed by atoms with Crippen LogP contribution in [0.1, 0.15) is 55.8 Å². The Morgan fingerprint density at radius 2 is 1.53 bits per heavy atom. The number of anilines is 2. The highest BCUT2D eigenvalue weighted by Gasteiger charge is 2.44. The number of benzene rings is 2. The maximum Gasteiger partial charge on any atom is 0.422 e. The van der Waals surface area contributed by atoms with E-state index in [9.17, 15) is 8.78 Å². The van der Waals surface area contributed by atoms with Gasteiger partial charge in [-0.2, -0.15) is 13.2 Å². The van der Waals surface area contributed by atoms with Crippen molar-refractivity contribution in [2.24, 2.45) is 5.41 Å². The molecule has 3 fully saturated rings. The molecule has 0 atom stereocenters. The van der Waals surface area contributed by atoms with Gasteiger partial charge in [0.1, 0.15) is 67.8 Å². The molecule has 266 valence electrons. The van der Waals surface area contributed by atoms with Crippen molar-refractivity contribution in [3.63, 3.8) is 0 Å². The molecule has 2 aromatic carbocycles. The fourth-order valence-corrected chi connectivity index (χ4v) is 8.05. The van der Waals surface area contributed by atoms with Crippen molar-refractivity contribution in [2.75, 3.05) is 55.6 Å². The summed E-state index contributed by atoms with van der Waals surface area (Å²) < 4.78 is 96.9. The number of ether oxygens (including phenoxy) is 1. The molecule has 6 rings (SSSR count). The molecule has 51 heavy (non-hydrogen) atoms. The first-order valence-electron chi connectivity index (χ1n) is 17.8. The summed E-state index contributed by atoms with van der Waals surface area (Å²) in [5.74, 6) is -3.70. The van der Waals surface area contributed by atoms with E-state index in [1.807, 2.05) is 39.2 Å². The van der Waals surface area contributed by atoms with Gasteiger partial charge in [-0.05, 0) is 68.9 Å². The number of likely N-dealkylation sites (tertiary alicyclic amines) is 1. The summed E-state index contributed by atoms with van der Waals surface area (Å²) >= 11 is 0. The first kappa shape index (κ1) is 37.3. The Labute approximate surface area is 300 Å². The minimum atomic E-state index is -4.85. The van der Waals surface area contributed by atoms with Crippen LogP contribution in [0, 0.1) is 5.41 Å². The van der Waals surface area contributed by atoms with Crippen LogP contribution < -0.4 is 41.9 Å². The van der Waals surface area contributed by atoms with Gasteiger partial charge in [0.25, 0.3) is 5.92 Å². The second-order valence-corrected chi connectivity index (χ2v) is 14.7. The van der Waals surface area contributed by atoms with E-state index in [4.69, 9.17) is 4.74 Å². The molecular weight excluding hydrogens is 662 g/mol. The third kappa shape index (κ3) is 7.55. The van der Waals surface area contributed by atoms with Gasteiger partial charge in [0, 0.05) is 31.6 Å². The molecule has 1 spiro atoms. The zero-order chi connectivity index (χ0) is 36.9. The van der Waals surface area contributed by atoms with Crippen LogP contribution in [-0.2, 0) is 6.18 Å². The Balaban J connectivity index is 1.48. The molecule has 1 aromatic heterocycles. The van der Waals surface area contributed by atoms with Gasteiger partial charge in [-0.1, -0.05) is 28.8 Å². The molecule has 0 bridgehead atoms. The van der Waals surface area contributed by atoms with Crippen molar-refractivity contribution in [1.29, 1.82) is 0 Å². The predicted molar refractivity (Wildman–Crippen MR) is 207 cm³/mol. The maximum atomic E-state index is 16.2. The lowest BCUT2D eigenvalue weighted by atomic mass is 9.62. The molecule has 0 N–H and O–H groups in total. The van der Waals surface area contributed by atoms with Gasteiger partial charge in [0.2, 0.25) is 0 Å². The highest BCUT2D eigenvalue weighted by molar-refractivity contribution is 6.67. The zero-order valence-electron chi connectivity index (χ0n) is 30.3. The standard InChI is InChI=1S/C34H42B5F6N5O/c1-2-48-11-7-32(8-12-48)6-3-10-50(17-32)30-19(14-20(40)21-15-46-16-23(47-21)49-13-9-33(41,42)18-49)4-5-22(24(30)34(43,44)45)51-31-28(38)26(36)25(35)27(37)29(31)39/h4-5,14-16H,2-3,6-13,17-18,35-39H2,1H3/b20-14-. The molecule has 3 aromatic rings. The number of hydrogen-bond acceptors (Lipinski definition) is 6.